The Morgan fingerprint density at radius 3 is 2.72 bits per heavy atom. The molecule has 1 aliphatic rings. The quantitative estimate of drug-likeness (QED) is 0.734. The summed E-state index contributed by atoms with van der Waals surface area (Å²) in [6.07, 6.45) is 1.72. The van der Waals surface area contributed by atoms with Crippen molar-refractivity contribution in [1.29, 1.82) is 0 Å². The number of aromatic nitrogens is 2. The molecule has 0 aliphatic carbocycles. The largest absolute Gasteiger partial charge is 0.495 e. The molecule has 1 saturated heterocycles. The number of amides is 2. The third-order valence-corrected chi connectivity index (χ3v) is 4.86. The first kappa shape index (κ1) is 18.9. The Morgan fingerprint density at radius 1 is 1.17 bits per heavy atom. The van der Waals surface area contributed by atoms with Crippen molar-refractivity contribution < 1.29 is 19.1 Å². The third kappa shape index (κ3) is 3.66. The normalized spacial score (nSPS) is 14.1. The lowest BCUT2D eigenvalue weighted by atomic mass is 10.2. The third-order valence-electron chi connectivity index (χ3n) is 4.86. The molecule has 8 nitrogen and oxygen atoms in total. The van der Waals surface area contributed by atoms with Gasteiger partial charge in [0, 0.05) is 19.3 Å². The van der Waals surface area contributed by atoms with Crippen LogP contribution in [0.5, 0.6) is 5.75 Å². The van der Waals surface area contributed by atoms with E-state index in [1.165, 1.54) is 0 Å². The molecule has 0 saturated carbocycles. The maximum atomic E-state index is 13.0. The highest BCUT2D eigenvalue weighted by Crippen LogP contribution is 2.26. The first-order valence-electron chi connectivity index (χ1n) is 9.38. The van der Waals surface area contributed by atoms with Gasteiger partial charge in [-0.1, -0.05) is 12.1 Å². The average molecular weight is 394 g/mol. The van der Waals surface area contributed by atoms with Gasteiger partial charge in [0.1, 0.15) is 5.75 Å². The minimum Gasteiger partial charge on any atom is -0.495 e. The Labute approximate surface area is 168 Å². The number of morpholine rings is 1. The molecule has 1 fully saturated rings. The van der Waals surface area contributed by atoms with Gasteiger partial charge < -0.3 is 19.7 Å². The molecule has 1 aromatic carbocycles. The summed E-state index contributed by atoms with van der Waals surface area (Å²) >= 11 is 0. The number of carbonyl (C=O) groups excluding carboxylic acids is 2. The van der Waals surface area contributed by atoms with E-state index in [1.807, 2.05) is 25.1 Å². The Hall–Kier alpha value is -3.39. The van der Waals surface area contributed by atoms with Crippen LogP contribution in [0.15, 0.2) is 42.6 Å². The first-order valence-corrected chi connectivity index (χ1v) is 9.38. The van der Waals surface area contributed by atoms with Gasteiger partial charge in [-0.2, -0.15) is 0 Å². The van der Waals surface area contributed by atoms with E-state index >= 15 is 0 Å². The number of pyridine rings is 1. The lowest BCUT2D eigenvalue weighted by Gasteiger charge is -2.26. The Morgan fingerprint density at radius 2 is 1.97 bits per heavy atom. The van der Waals surface area contributed by atoms with Crippen LogP contribution in [-0.2, 0) is 4.74 Å². The van der Waals surface area contributed by atoms with Crippen molar-refractivity contribution in [3.8, 4) is 5.75 Å². The van der Waals surface area contributed by atoms with E-state index < -0.39 is 5.91 Å². The molecule has 0 bridgehead atoms. The van der Waals surface area contributed by atoms with Crippen LogP contribution in [0, 0.1) is 6.92 Å². The molecule has 3 aromatic rings. The van der Waals surface area contributed by atoms with Gasteiger partial charge in [0.15, 0.2) is 5.69 Å². The fourth-order valence-corrected chi connectivity index (χ4v) is 3.37. The lowest BCUT2D eigenvalue weighted by Crippen LogP contribution is -2.40. The van der Waals surface area contributed by atoms with Crippen LogP contribution in [0.25, 0.3) is 5.52 Å². The summed E-state index contributed by atoms with van der Waals surface area (Å²) in [7, 11) is 1.55. The zero-order valence-corrected chi connectivity index (χ0v) is 16.3. The number of hydrogen-bond donors (Lipinski definition) is 1. The number of fused-ring (bicyclic) bond motifs is 1. The Balaban J connectivity index is 1.70. The molecule has 2 amide bonds. The van der Waals surface area contributed by atoms with Crippen molar-refractivity contribution in [2.45, 2.75) is 6.92 Å². The van der Waals surface area contributed by atoms with E-state index in [2.05, 4.69) is 10.3 Å². The fourth-order valence-electron chi connectivity index (χ4n) is 3.37. The molecule has 0 spiro atoms. The number of nitrogens with zero attached hydrogens (tertiary/aromatic N) is 3. The molecule has 1 N–H and O–H groups in total. The maximum absolute atomic E-state index is 13.0. The Bertz CT molecular complexity index is 1070. The average Bonchev–Trinajstić information content (AvgIpc) is 3.14. The number of benzene rings is 1. The number of imidazole rings is 1. The van der Waals surface area contributed by atoms with Crippen molar-refractivity contribution in [3.63, 3.8) is 0 Å². The number of methoxy groups -OCH3 is 1. The van der Waals surface area contributed by atoms with Crippen molar-refractivity contribution in [1.82, 2.24) is 14.3 Å². The molecular weight excluding hydrogens is 372 g/mol. The molecule has 3 heterocycles. The number of anilines is 1. The second-order valence-electron chi connectivity index (χ2n) is 6.80. The van der Waals surface area contributed by atoms with Crippen LogP contribution < -0.4 is 10.1 Å². The van der Waals surface area contributed by atoms with E-state index in [0.717, 1.165) is 5.56 Å². The number of carbonyl (C=O) groups is 2. The van der Waals surface area contributed by atoms with Crippen molar-refractivity contribution in [2.75, 3.05) is 38.7 Å². The second kappa shape index (κ2) is 7.92. The zero-order valence-electron chi connectivity index (χ0n) is 16.3. The van der Waals surface area contributed by atoms with Crippen molar-refractivity contribution in [3.05, 3.63) is 59.7 Å². The molecule has 0 unspecified atom stereocenters. The topological polar surface area (TPSA) is 85.2 Å². The van der Waals surface area contributed by atoms with Crippen LogP contribution in [-0.4, -0.2) is 59.5 Å². The highest BCUT2D eigenvalue weighted by Gasteiger charge is 2.26. The smallest absolute Gasteiger partial charge is 0.292 e. The lowest BCUT2D eigenvalue weighted by molar-refractivity contribution is 0.0300. The van der Waals surface area contributed by atoms with E-state index in [0.29, 0.717) is 43.3 Å². The molecule has 4 rings (SSSR count). The molecule has 8 heteroatoms. The summed E-state index contributed by atoms with van der Waals surface area (Å²) in [6, 6.07) is 10.9. The highest BCUT2D eigenvalue weighted by molar-refractivity contribution is 6.06. The monoisotopic (exact) mass is 394 g/mol. The zero-order chi connectivity index (χ0) is 20.4. The van der Waals surface area contributed by atoms with Crippen LogP contribution in [0.4, 0.5) is 5.69 Å². The van der Waals surface area contributed by atoms with Gasteiger partial charge >= 0.3 is 0 Å². The van der Waals surface area contributed by atoms with Gasteiger partial charge in [0.25, 0.3) is 11.8 Å². The van der Waals surface area contributed by atoms with E-state index in [4.69, 9.17) is 9.47 Å². The van der Waals surface area contributed by atoms with Gasteiger partial charge in [-0.05, 0) is 36.8 Å². The number of ether oxygens (including phenoxy) is 2. The summed E-state index contributed by atoms with van der Waals surface area (Å²) in [5.41, 5.74) is 2.38. The molecule has 29 heavy (non-hydrogen) atoms. The summed E-state index contributed by atoms with van der Waals surface area (Å²) in [4.78, 5) is 32.1. The van der Waals surface area contributed by atoms with Crippen LogP contribution >= 0.6 is 0 Å². The van der Waals surface area contributed by atoms with Crippen LogP contribution in [0.3, 0.4) is 0 Å². The van der Waals surface area contributed by atoms with Gasteiger partial charge in [0.05, 0.1) is 31.5 Å². The summed E-state index contributed by atoms with van der Waals surface area (Å²) < 4.78 is 12.3. The molecule has 0 radical (unpaired) electrons. The number of hydrogen-bond acceptors (Lipinski definition) is 5. The second-order valence-corrected chi connectivity index (χ2v) is 6.80. The van der Waals surface area contributed by atoms with Crippen LogP contribution in [0.1, 0.15) is 26.7 Å². The fraction of sp³-hybridized carbons (Fsp3) is 0.286. The summed E-state index contributed by atoms with van der Waals surface area (Å²) in [5.74, 6) is 0.0653. The number of nitrogens with one attached hydrogen (secondary N) is 1. The maximum Gasteiger partial charge on any atom is 0.292 e. The van der Waals surface area contributed by atoms with Gasteiger partial charge in [-0.3, -0.25) is 14.0 Å². The summed E-state index contributed by atoms with van der Waals surface area (Å²) in [6.45, 7) is 3.94. The SMILES string of the molecule is COc1ccc(C)cc1NC(=O)c1nc(C(=O)N2CCOCC2)c2ccccn12. The summed E-state index contributed by atoms with van der Waals surface area (Å²) in [5, 5.41) is 2.85. The molecule has 2 aromatic heterocycles. The van der Waals surface area contributed by atoms with Gasteiger partial charge in [0.2, 0.25) is 5.82 Å². The Kier molecular flexibility index (Phi) is 5.18. The first-order chi connectivity index (χ1) is 14.1. The molecular formula is C21H22N4O4. The standard InChI is InChI=1S/C21H22N4O4/c1-14-6-7-17(28-2)15(13-14)22-20(26)19-23-18(16-5-3-4-8-25(16)19)21(27)24-9-11-29-12-10-24/h3-8,13H,9-12H2,1-2H3,(H,22,26). The van der Waals surface area contributed by atoms with Crippen LogP contribution in [0.2, 0.25) is 0 Å². The molecule has 0 atom stereocenters. The van der Waals surface area contributed by atoms with Crippen molar-refractivity contribution >= 4 is 23.0 Å². The number of rotatable bonds is 4. The van der Waals surface area contributed by atoms with Gasteiger partial charge in [-0.15, -0.1) is 0 Å². The van der Waals surface area contributed by atoms with Gasteiger partial charge in [-0.25, -0.2) is 4.98 Å². The van der Waals surface area contributed by atoms with Crippen molar-refractivity contribution in [2.24, 2.45) is 0 Å². The molecule has 150 valence electrons. The van der Waals surface area contributed by atoms with E-state index in [-0.39, 0.29) is 17.4 Å². The van der Waals surface area contributed by atoms with E-state index in [1.54, 1.807) is 40.8 Å². The number of aryl methyl sites for hydroxylation is 1. The minimum atomic E-state index is -0.420. The highest BCUT2D eigenvalue weighted by atomic mass is 16.5. The minimum absolute atomic E-state index is 0.140. The predicted molar refractivity (Wildman–Crippen MR) is 108 cm³/mol. The van der Waals surface area contributed by atoms with E-state index in [9.17, 15) is 9.59 Å². The molecule has 1 aliphatic heterocycles. The predicted octanol–water partition coefficient (Wildman–Crippen LogP) is 2.38.